The van der Waals surface area contributed by atoms with E-state index in [1.54, 1.807) is 4.31 Å². The monoisotopic (exact) mass is 262 g/mol. The molecule has 0 aromatic carbocycles. The Morgan fingerprint density at radius 2 is 1.76 bits per heavy atom. The van der Waals surface area contributed by atoms with Crippen LogP contribution in [-0.2, 0) is 10.0 Å². The van der Waals surface area contributed by atoms with Crippen molar-refractivity contribution in [2.45, 2.75) is 33.6 Å². The normalized spacial score (nSPS) is 21.4. The second kappa shape index (κ2) is 5.67. The molecule has 0 saturated carbocycles. The van der Waals surface area contributed by atoms with Gasteiger partial charge in [-0.15, -0.1) is 0 Å². The summed E-state index contributed by atoms with van der Waals surface area (Å²) in [6.07, 6.45) is 3.39. The third kappa shape index (κ3) is 4.94. The zero-order valence-corrected chi connectivity index (χ0v) is 12.4. The molecule has 0 amide bonds. The molecule has 4 nitrogen and oxygen atoms in total. The Labute approximate surface area is 106 Å². The van der Waals surface area contributed by atoms with Crippen molar-refractivity contribution in [3.63, 3.8) is 0 Å². The van der Waals surface area contributed by atoms with Crippen LogP contribution >= 0.6 is 0 Å². The highest BCUT2D eigenvalue weighted by molar-refractivity contribution is 7.88. The van der Waals surface area contributed by atoms with Gasteiger partial charge in [0.05, 0.1) is 6.26 Å². The van der Waals surface area contributed by atoms with Gasteiger partial charge in [-0.1, -0.05) is 20.8 Å². The molecule has 5 heteroatoms. The van der Waals surface area contributed by atoms with Crippen molar-refractivity contribution in [1.29, 1.82) is 0 Å². The van der Waals surface area contributed by atoms with Crippen molar-refractivity contribution in [3.8, 4) is 0 Å². The summed E-state index contributed by atoms with van der Waals surface area (Å²) in [7, 11) is -3.02. The zero-order chi connectivity index (χ0) is 13.1. The van der Waals surface area contributed by atoms with Gasteiger partial charge >= 0.3 is 0 Å². The maximum absolute atomic E-state index is 11.5. The van der Waals surface area contributed by atoms with E-state index < -0.39 is 10.0 Å². The summed E-state index contributed by atoms with van der Waals surface area (Å²) in [4.78, 5) is 2.40. The van der Waals surface area contributed by atoms with Gasteiger partial charge in [0, 0.05) is 26.2 Å². The van der Waals surface area contributed by atoms with Crippen LogP contribution in [0, 0.1) is 5.41 Å². The first-order chi connectivity index (χ1) is 7.74. The van der Waals surface area contributed by atoms with Gasteiger partial charge in [0.25, 0.3) is 0 Å². The summed E-state index contributed by atoms with van der Waals surface area (Å²) in [5.41, 5.74) is 0.320. The molecule has 1 fully saturated rings. The van der Waals surface area contributed by atoms with Gasteiger partial charge in [0.15, 0.2) is 0 Å². The highest BCUT2D eigenvalue weighted by Gasteiger charge is 2.24. The summed E-state index contributed by atoms with van der Waals surface area (Å²) >= 11 is 0. The van der Waals surface area contributed by atoms with Crippen LogP contribution in [-0.4, -0.2) is 56.6 Å². The van der Waals surface area contributed by atoms with Crippen LogP contribution in [0.3, 0.4) is 0 Å². The van der Waals surface area contributed by atoms with Gasteiger partial charge in [-0.25, -0.2) is 12.7 Å². The first-order valence-corrected chi connectivity index (χ1v) is 8.27. The molecular formula is C12H26N2O2S. The third-order valence-electron chi connectivity index (χ3n) is 3.63. The first kappa shape index (κ1) is 14.9. The maximum atomic E-state index is 11.5. The van der Waals surface area contributed by atoms with E-state index >= 15 is 0 Å². The van der Waals surface area contributed by atoms with Crippen molar-refractivity contribution in [3.05, 3.63) is 0 Å². The van der Waals surface area contributed by atoms with Gasteiger partial charge < -0.3 is 4.90 Å². The Morgan fingerprint density at radius 3 is 2.29 bits per heavy atom. The SMILES string of the molecule is CCC(C)(C)CN1CCCN(S(C)(=O)=O)CC1. The van der Waals surface area contributed by atoms with Crippen molar-refractivity contribution < 1.29 is 8.42 Å². The number of nitrogens with zero attached hydrogens (tertiary/aromatic N) is 2. The largest absolute Gasteiger partial charge is 0.301 e. The quantitative estimate of drug-likeness (QED) is 0.769. The molecule has 0 spiro atoms. The van der Waals surface area contributed by atoms with Gasteiger partial charge in [-0.3, -0.25) is 0 Å². The van der Waals surface area contributed by atoms with Crippen molar-refractivity contribution in [2.24, 2.45) is 5.41 Å². The smallest absolute Gasteiger partial charge is 0.211 e. The lowest BCUT2D eigenvalue weighted by atomic mass is 9.89. The Kier molecular flexibility index (Phi) is 4.98. The molecule has 0 aromatic rings. The summed E-state index contributed by atoms with van der Waals surface area (Å²) in [6, 6.07) is 0. The second-order valence-corrected chi connectivity index (χ2v) is 7.79. The second-order valence-electron chi connectivity index (χ2n) is 5.81. The van der Waals surface area contributed by atoms with Gasteiger partial charge in [0.1, 0.15) is 0 Å². The summed E-state index contributed by atoms with van der Waals surface area (Å²) in [6.45, 7) is 11.0. The standard InChI is InChI=1S/C12H26N2O2S/c1-5-12(2,3)11-13-7-6-8-14(10-9-13)17(4,15)16/h5-11H2,1-4H3. The molecule has 0 aromatic heterocycles. The molecular weight excluding hydrogens is 236 g/mol. The molecule has 1 heterocycles. The van der Waals surface area contributed by atoms with Gasteiger partial charge in [-0.05, 0) is 24.8 Å². The molecule has 0 unspecified atom stereocenters. The minimum Gasteiger partial charge on any atom is -0.301 e. The lowest BCUT2D eigenvalue weighted by molar-refractivity contribution is 0.180. The predicted molar refractivity (Wildman–Crippen MR) is 71.5 cm³/mol. The van der Waals surface area contributed by atoms with Crippen molar-refractivity contribution >= 4 is 10.0 Å². The van der Waals surface area contributed by atoms with Crippen LogP contribution in [0.15, 0.2) is 0 Å². The molecule has 0 atom stereocenters. The van der Waals surface area contributed by atoms with Crippen LogP contribution < -0.4 is 0 Å². The molecule has 0 radical (unpaired) electrons. The van der Waals surface area contributed by atoms with Gasteiger partial charge in [-0.2, -0.15) is 0 Å². The van der Waals surface area contributed by atoms with Crippen LogP contribution in [0.1, 0.15) is 33.6 Å². The minimum atomic E-state index is -3.02. The number of hydrogen-bond acceptors (Lipinski definition) is 3. The van der Waals surface area contributed by atoms with E-state index in [2.05, 4.69) is 25.7 Å². The van der Waals surface area contributed by atoms with E-state index in [1.807, 2.05) is 0 Å². The molecule has 1 rings (SSSR count). The molecule has 1 aliphatic rings. The zero-order valence-electron chi connectivity index (χ0n) is 11.6. The lowest BCUT2D eigenvalue weighted by Gasteiger charge is -2.31. The van der Waals surface area contributed by atoms with Crippen LogP contribution in [0.2, 0.25) is 0 Å². The number of sulfonamides is 1. The molecule has 102 valence electrons. The van der Waals surface area contributed by atoms with Crippen LogP contribution in [0.5, 0.6) is 0 Å². The third-order valence-corrected chi connectivity index (χ3v) is 4.93. The molecule has 17 heavy (non-hydrogen) atoms. The Bertz CT molecular complexity index is 338. The van der Waals surface area contributed by atoms with Crippen molar-refractivity contribution in [2.75, 3.05) is 39.0 Å². The van der Waals surface area contributed by atoms with E-state index in [-0.39, 0.29) is 0 Å². The molecule has 1 saturated heterocycles. The highest BCUT2D eigenvalue weighted by atomic mass is 32.2. The van der Waals surface area contributed by atoms with Crippen LogP contribution in [0.25, 0.3) is 0 Å². The fourth-order valence-corrected chi connectivity index (χ4v) is 3.03. The molecule has 0 N–H and O–H groups in total. The molecule has 0 bridgehead atoms. The van der Waals surface area contributed by atoms with Gasteiger partial charge in [0.2, 0.25) is 10.0 Å². The maximum Gasteiger partial charge on any atom is 0.211 e. The molecule has 1 aliphatic heterocycles. The van der Waals surface area contributed by atoms with E-state index in [0.29, 0.717) is 18.5 Å². The Balaban J connectivity index is 2.54. The first-order valence-electron chi connectivity index (χ1n) is 6.42. The fraction of sp³-hybridized carbons (Fsp3) is 1.00. The van der Waals surface area contributed by atoms with Crippen molar-refractivity contribution in [1.82, 2.24) is 9.21 Å². The highest BCUT2D eigenvalue weighted by Crippen LogP contribution is 2.22. The summed E-state index contributed by atoms with van der Waals surface area (Å²) in [5.74, 6) is 0. The number of rotatable bonds is 4. The number of hydrogen-bond donors (Lipinski definition) is 0. The lowest BCUT2D eigenvalue weighted by Crippen LogP contribution is -2.38. The predicted octanol–water partition coefficient (Wildman–Crippen LogP) is 1.39. The topological polar surface area (TPSA) is 40.6 Å². The average molecular weight is 262 g/mol. The summed E-state index contributed by atoms with van der Waals surface area (Å²) in [5, 5.41) is 0. The molecule has 0 aliphatic carbocycles. The van der Waals surface area contributed by atoms with Crippen LogP contribution in [0.4, 0.5) is 0 Å². The van der Waals surface area contributed by atoms with E-state index in [9.17, 15) is 8.42 Å². The summed E-state index contributed by atoms with van der Waals surface area (Å²) < 4.78 is 24.6. The Hall–Kier alpha value is -0.130. The fourth-order valence-electron chi connectivity index (χ4n) is 2.15. The minimum absolute atomic E-state index is 0.320. The van der Waals surface area contributed by atoms with E-state index in [4.69, 9.17) is 0 Å². The Morgan fingerprint density at radius 1 is 1.12 bits per heavy atom. The average Bonchev–Trinajstić information content (AvgIpc) is 2.42. The van der Waals surface area contributed by atoms with E-state index in [0.717, 1.165) is 32.5 Å². The van der Waals surface area contributed by atoms with E-state index in [1.165, 1.54) is 6.26 Å².